The molecule has 14 heavy (non-hydrogen) atoms. The maximum Gasteiger partial charge on any atom is 0.169 e. The van der Waals surface area contributed by atoms with E-state index in [2.05, 4.69) is 6.92 Å². The molecule has 1 aliphatic carbocycles. The molecule has 2 aliphatic rings. The molecule has 1 spiro atoms. The molecule has 2 atom stereocenters. The van der Waals surface area contributed by atoms with Crippen LogP contribution in [0.3, 0.4) is 0 Å². The van der Waals surface area contributed by atoms with Crippen LogP contribution in [0.5, 0.6) is 0 Å². The average molecular weight is 202 g/mol. The average Bonchev–Trinajstić information content (AvgIpc) is 2.74. The van der Waals surface area contributed by atoms with Crippen molar-refractivity contribution >= 4 is 0 Å². The lowest BCUT2D eigenvalue weighted by atomic mass is 9.93. The molecule has 82 valence electrons. The Morgan fingerprint density at radius 3 is 2.36 bits per heavy atom. The Morgan fingerprint density at radius 2 is 1.93 bits per heavy atom. The first-order valence-electron chi connectivity index (χ1n) is 5.31. The van der Waals surface area contributed by atoms with Crippen LogP contribution in [-0.2, 0) is 9.47 Å². The van der Waals surface area contributed by atoms with Crippen LogP contribution in [0, 0.1) is 11.8 Å². The topological polar surface area (TPSA) is 58.9 Å². The summed E-state index contributed by atoms with van der Waals surface area (Å²) in [5, 5.41) is 18.5. The predicted molar refractivity (Wildman–Crippen MR) is 49.4 cm³/mol. The molecule has 4 heteroatoms. The van der Waals surface area contributed by atoms with Crippen molar-refractivity contribution in [1.82, 2.24) is 0 Å². The number of rotatable bonds is 2. The number of hydrogen-bond donors (Lipinski definition) is 2. The van der Waals surface area contributed by atoms with Gasteiger partial charge >= 0.3 is 0 Å². The van der Waals surface area contributed by atoms with Crippen LogP contribution in [0.25, 0.3) is 0 Å². The second-order valence-electron chi connectivity index (χ2n) is 4.26. The van der Waals surface area contributed by atoms with E-state index >= 15 is 0 Å². The molecule has 0 aromatic heterocycles. The number of aliphatic hydroxyl groups excluding tert-OH is 1. The Kier molecular flexibility index (Phi) is 2.79. The van der Waals surface area contributed by atoms with E-state index in [9.17, 15) is 10.2 Å². The van der Waals surface area contributed by atoms with E-state index in [-0.39, 0.29) is 5.92 Å². The molecule has 0 aromatic rings. The van der Waals surface area contributed by atoms with Gasteiger partial charge in [-0.15, -0.1) is 0 Å². The second kappa shape index (κ2) is 3.77. The lowest BCUT2D eigenvalue weighted by Gasteiger charge is -2.21. The van der Waals surface area contributed by atoms with E-state index in [1.54, 1.807) is 0 Å². The highest BCUT2D eigenvalue weighted by Gasteiger charge is 2.50. The number of ether oxygens (including phenoxy) is 2. The van der Waals surface area contributed by atoms with Crippen molar-refractivity contribution in [2.75, 3.05) is 13.2 Å². The maximum atomic E-state index is 9.24. The highest BCUT2D eigenvalue weighted by molar-refractivity contribution is 4.92. The Labute approximate surface area is 83.8 Å². The lowest BCUT2D eigenvalue weighted by Crippen LogP contribution is -2.28. The van der Waals surface area contributed by atoms with Gasteiger partial charge in [-0.3, -0.25) is 0 Å². The highest BCUT2D eigenvalue weighted by atomic mass is 16.7. The Hall–Kier alpha value is -0.160. The molecule has 1 saturated heterocycles. The first kappa shape index (κ1) is 10.4. The molecule has 2 unspecified atom stereocenters. The molecule has 2 N–H and O–H groups in total. The molecule has 2 fully saturated rings. The van der Waals surface area contributed by atoms with E-state index < -0.39 is 12.1 Å². The number of aliphatic hydroxyl groups is 2. The summed E-state index contributed by atoms with van der Waals surface area (Å²) in [4.78, 5) is 0. The lowest BCUT2D eigenvalue weighted by molar-refractivity contribution is -0.163. The Balaban J connectivity index is 2.06. The molecule has 0 bridgehead atoms. The Bertz CT molecular complexity index is 198. The monoisotopic (exact) mass is 202 g/mol. The quantitative estimate of drug-likeness (QED) is 0.639. The Morgan fingerprint density at radius 1 is 1.29 bits per heavy atom. The van der Waals surface area contributed by atoms with Crippen LogP contribution < -0.4 is 0 Å². The molecule has 0 amide bonds. The summed E-state index contributed by atoms with van der Waals surface area (Å²) in [5.74, 6) is -0.305. The van der Waals surface area contributed by atoms with Crippen LogP contribution >= 0.6 is 0 Å². The van der Waals surface area contributed by atoms with Crippen LogP contribution in [0.1, 0.15) is 26.2 Å². The predicted octanol–water partition coefficient (Wildman–Crippen LogP) is 0.476. The molecule has 0 aromatic carbocycles. The summed E-state index contributed by atoms with van der Waals surface area (Å²) in [6.07, 6.45) is 1.11. The fourth-order valence-corrected chi connectivity index (χ4v) is 2.69. The summed E-state index contributed by atoms with van der Waals surface area (Å²) < 4.78 is 11.1. The third-order valence-electron chi connectivity index (χ3n) is 3.45. The van der Waals surface area contributed by atoms with E-state index in [1.807, 2.05) is 0 Å². The van der Waals surface area contributed by atoms with Crippen molar-refractivity contribution < 1.29 is 19.7 Å². The SMILES string of the molecule is CCC1CC2(CC1C(O)O)OCCO2. The molecule has 1 aliphatic heterocycles. The maximum absolute atomic E-state index is 9.24. The molecule has 1 heterocycles. The number of hydrogen-bond acceptors (Lipinski definition) is 4. The van der Waals surface area contributed by atoms with E-state index in [0.717, 1.165) is 12.8 Å². The van der Waals surface area contributed by atoms with Crippen molar-refractivity contribution in [1.29, 1.82) is 0 Å². The normalized spacial score (nSPS) is 36.0. The summed E-state index contributed by atoms with van der Waals surface area (Å²) in [7, 11) is 0. The minimum absolute atomic E-state index is 0.0990. The van der Waals surface area contributed by atoms with Crippen LogP contribution in [0.2, 0.25) is 0 Å². The minimum atomic E-state index is -1.24. The van der Waals surface area contributed by atoms with Crippen molar-refractivity contribution in [2.24, 2.45) is 11.8 Å². The molecule has 1 saturated carbocycles. The van der Waals surface area contributed by atoms with Crippen molar-refractivity contribution in [3.63, 3.8) is 0 Å². The largest absolute Gasteiger partial charge is 0.368 e. The van der Waals surface area contributed by atoms with Gasteiger partial charge in [-0.1, -0.05) is 13.3 Å². The molecule has 0 radical (unpaired) electrons. The molecular weight excluding hydrogens is 184 g/mol. The van der Waals surface area contributed by atoms with Gasteiger partial charge in [0.05, 0.1) is 13.2 Å². The zero-order chi connectivity index (χ0) is 10.2. The van der Waals surface area contributed by atoms with Crippen LogP contribution in [0.15, 0.2) is 0 Å². The van der Waals surface area contributed by atoms with E-state index in [4.69, 9.17) is 9.47 Å². The van der Waals surface area contributed by atoms with Gasteiger partial charge in [-0.2, -0.15) is 0 Å². The molecule has 4 nitrogen and oxygen atoms in total. The van der Waals surface area contributed by atoms with Gasteiger partial charge in [0.1, 0.15) is 0 Å². The molecular formula is C10H18O4. The van der Waals surface area contributed by atoms with Crippen molar-refractivity contribution in [3.05, 3.63) is 0 Å². The highest BCUT2D eigenvalue weighted by Crippen LogP contribution is 2.46. The van der Waals surface area contributed by atoms with Gasteiger partial charge in [-0.25, -0.2) is 0 Å². The zero-order valence-electron chi connectivity index (χ0n) is 8.48. The smallest absolute Gasteiger partial charge is 0.169 e. The summed E-state index contributed by atoms with van der Waals surface area (Å²) in [5.41, 5.74) is 0. The zero-order valence-corrected chi connectivity index (χ0v) is 8.48. The fraction of sp³-hybridized carbons (Fsp3) is 1.00. The van der Waals surface area contributed by atoms with Gasteiger partial charge in [0.2, 0.25) is 0 Å². The van der Waals surface area contributed by atoms with E-state index in [1.165, 1.54) is 0 Å². The standard InChI is InChI=1S/C10H18O4/c1-2-7-5-10(13-3-4-14-10)6-8(7)9(11)12/h7-9,11-12H,2-6H2,1H3. The third-order valence-corrected chi connectivity index (χ3v) is 3.45. The van der Waals surface area contributed by atoms with Gasteiger partial charge in [0, 0.05) is 18.8 Å². The second-order valence-corrected chi connectivity index (χ2v) is 4.26. The van der Waals surface area contributed by atoms with Crippen molar-refractivity contribution in [2.45, 2.75) is 38.3 Å². The third kappa shape index (κ3) is 1.67. The van der Waals surface area contributed by atoms with Gasteiger partial charge in [0.25, 0.3) is 0 Å². The first-order chi connectivity index (χ1) is 6.67. The summed E-state index contributed by atoms with van der Waals surface area (Å²) >= 11 is 0. The molecule has 2 rings (SSSR count). The summed E-state index contributed by atoms with van der Waals surface area (Å²) in [6, 6.07) is 0. The van der Waals surface area contributed by atoms with Crippen molar-refractivity contribution in [3.8, 4) is 0 Å². The first-order valence-corrected chi connectivity index (χ1v) is 5.31. The van der Waals surface area contributed by atoms with Gasteiger partial charge in [-0.05, 0) is 5.92 Å². The fourth-order valence-electron chi connectivity index (χ4n) is 2.69. The minimum Gasteiger partial charge on any atom is -0.368 e. The van der Waals surface area contributed by atoms with Gasteiger partial charge < -0.3 is 19.7 Å². The van der Waals surface area contributed by atoms with Crippen LogP contribution in [-0.4, -0.2) is 35.5 Å². The van der Waals surface area contributed by atoms with E-state index in [0.29, 0.717) is 25.6 Å². The summed E-state index contributed by atoms with van der Waals surface area (Å²) in [6.45, 7) is 3.32. The van der Waals surface area contributed by atoms with Crippen LogP contribution in [0.4, 0.5) is 0 Å². The van der Waals surface area contributed by atoms with Gasteiger partial charge in [0.15, 0.2) is 12.1 Å².